The van der Waals surface area contributed by atoms with E-state index in [4.69, 9.17) is 5.11 Å². The Morgan fingerprint density at radius 2 is 2.14 bits per heavy atom. The lowest BCUT2D eigenvalue weighted by Crippen LogP contribution is -2.33. The summed E-state index contributed by atoms with van der Waals surface area (Å²) in [6.07, 6.45) is 9.16. The molecule has 116 valence electrons. The van der Waals surface area contributed by atoms with Crippen molar-refractivity contribution in [2.45, 2.75) is 52.5 Å². The molecule has 1 aromatic rings. The van der Waals surface area contributed by atoms with Crippen LogP contribution in [0, 0.1) is 11.3 Å². The Kier molecular flexibility index (Phi) is 5.28. The summed E-state index contributed by atoms with van der Waals surface area (Å²) in [5, 5.41) is 12.6. The Bertz CT molecular complexity index is 482. The van der Waals surface area contributed by atoms with E-state index in [1.54, 1.807) is 0 Å². The summed E-state index contributed by atoms with van der Waals surface area (Å²) in [5.74, 6) is -0.274. The summed E-state index contributed by atoms with van der Waals surface area (Å²) in [4.78, 5) is 19.0. The molecule has 0 radical (unpaired) electrons. The number of aromatic carboxylic acids is 1. The number of nitrogens with zero attached hydrogens (tertiary/aromatic N) is 2. The van der Waals surface area contributed by atoms with Crippen LogP contribution in [0.5, 0.6) is 0 Å². The maximum absolute atomic E-state index is 11.1. The minimum atomic E-state index is -0.967. The minimum Gasteiger partial charge on any atom is -0.478 e. The molecule has 2 rings (SSSR count). The molecule has 0 unspecified atom stereocenters. The van der Waals surface area contributed by atoms with Crippen molar-refractivity contribution in [1.29, 1.82) is 0 Å². The van der Waals surface area contributed by atoms with Crippen molar-refractivity contribution in [2.24, 2.45) is 11.3 Å². The summed E-state index contributed by atoms with van der Waals surface area (Å²) in [6, 6.07) is 0. The summed E-state index contributed by atoms with van der Waals surface area (Å²) >= 11 is 0. The Hall–Kier alpha value is -1.49. The lowest BCUT2D eigenvalue weighted by Gasteiger charge is -2.31. The topological polar surface area (TPSA) is 75.1 Å². The normalized spacial score (nSPS) is 17.3. The van der Waals surface area contributed by atoms with Crippen molar-refractivity contribution in [2.75, 3.05) is 6.54 Å². The van der Waals surface area contributed by atoms with Gasteiger partial charge in [-0.2, -0.15) is 0 Å². The highest BCUT2D eigenvalue weighted by molar-refractivity contribution is 5.88. The maximum Gasteiger partial charge on any atom is 0.339 e. The number of carboxylic acids is 1. The van der Waals surface area contributed by atoms with Gasteiger partial charge in [0, 0.05) is 19.3 Å². The second-order valence-corrected chi connectivity index (χ2v) is 6.60. The Morgan fingerprint density at radius 1 is 1.43 bits per heavy atom. The molecule has 5 heteroatoms. The zero-order valence-electron chi connectivity index (χ0n) is 12.9. The predicted octanol–water partition coefficient (Wildman–Crippen LogP) is 2.87. The van der Waals surface area contributed by atoms with Gasteiger partial charge in [-0.25, -0.2) is 14.8 Å². The molecule has 0 aromatic carbocycles. The van der Waals surface area contributed by atoms with Gasteiger partial charge in [-0.1, -0.05) is 26.7 Å². The van der Waals surface area contributed by atoms with Gasteiger partial charge in [0.2, 0.25) is 0 Å². The highest BCUT2D eigenvalue weighted by Crippen LogP contribution is 2.42. The van der Waals surface area contributed by atoms with Crippen molar-refractivity contribution < 1.29 is 9.90 Å². The zero-order valence-corrected chi connectivity index (χ0v) is 12.9. The van der Waals surface area contributed by atoms with Crippen LogP contribution < -0.4 is 5.32 Å². The summed E-state index contributed by atoms with van der Waals surface area (Å²) in [7, 11) is 0. The van der Waals surface area contributed by atoms with E-state index in [2.05, 4.69) is 29.1 Å². The highest BCUT2D eigenvalue weighted by Gasteiger charge is 2.33. The maximum atomic E-state index is 11.1. The first-order valence-corrected chi connectivity index (χ1v) is 7.75. The van der Waals surface area contributed by atoms with Gasteiger partial charge in [0.15, 0.2) is 0 Å². The van der Waals surface area contributed by atoms with Gasteiger partial charge >= 0.3 is 5.97 Å². The van der Waals surface area contributed by atoms with Crippen molar-refractivity contribution in [3.8, 4) is 0 Å². The van der Waals surface area contributed by atoms with E-state index in [1.165, 1.54) is 44.6 Å². The van der Waals surface area contributed by atoms with Crippen molar-refractivity contribution in [3.63, 3.8) is 0 Å². The Morgan fingerprint density at radius 3 is 2.76 bits per heavy atom. The van der Waals surface area contributed by atoms with Crippen molar-refractivity contribution in [3.05, 3.63) is 23.8 Å². The average molecular weight is 291 g/mol. The van der Waals surface area contributed by atoms with Crippen LogP contribution in [-0.4, -0.2) is 27.6 Å². The fraction of sp³-hybridized carbons (Fsp3) is 0.688. The number of aromatic nitrogens is 2. The first-order chi connectivity index (χ1) is 10.0. The van der Waals surface area contributed by atoms with Crippen LogP contribution in [0.25, 0.3) is 0 Å². The van der Waals surface area contributed by atoms with Crippen molar-refractivity contribution in [1.82, 2.24) is 15.3 Å². The SMILES string of the molecule is CC(C)CC1(CNCc2ncncc2C(=O)O)CCCC1. The van der Waals surface area contributed by atoms with Crippen molar-refractivity contribution >= 4 is 5.97 Å². The molecule has 1 fully saturated rings. The fourth-order valence-electron chi connectivity index (χ4n) is 3.56. The number of hydrogen-bond donors (Lipinski definition) is 2. The van der Waals surface area contributed by atoms with Crippen LogP contribution in [0.2, 0.25) is 0 Å². The molecular formula is C16H25N3O2. The van der Waals surface area contributed by atoms with E-state index >= 15 is 0 Å². The smallest absolute Gasteiger partial charge is 0.339 e. The molecule has 2 N–H and O–H groups in total. The van der Waals surface area contributed by atoms with E-state index in [0.29, 0.717) is 23.6 Å². The minimum absolute atomic E-state index is 0.189. The first-order valence-electron chi connectivity index (χ1n) is 7.75. The number of carboxylic acid groups (broad SMARTS) is 1. The molecule has 0 spiro atoms. The fourth-order valence-corrected chi connectivity index (χ4v) is 3.56. The summed E-state index contributed by atoms with van der Waals surface area (Å²) in [5.41, 5.74) is 1.13. The van der Waals surface area contributed by atoms with Gasteiger partial charge in [-0.05, 0) is 30.6 Å². The number of hydrogen-bond acceptors (Lipinski definition) is 4. The standard InChI is InChI=1S/C16H25N3O2/c1-12(2)7-16(5-3-4-6-16)10-17-9-14-13(15(20)21)8-18-11-19-14/h8,11-12,17H,3-7,9-10H2,1-2H3,(H,20,21). The molecule has 21 heavy (non-hydrogen) atoms. The number of rotatable bonds is 7. The number of nitrogens with one attached hydrogen (secondary N) is 1. The summed E-state index contributed by atoms with van der Waals surface area (Å²) < 4.78 is 0. The molecule has 5 nitrogen and oxygen atoms in total. The van der Waals surface area contributed by atoms with Crippen LogP contribution in [0.4, 0.5) is 0 Å². The third kappa shape index (κ3) is 4.24. The van der Waals surface area contributed by atoms with Gasteiger partial charge in [-0.3, -0.25) is 0 Å². The molecule has 1 aliphatic rings. The van der Waals surface area contributed by atoms with Gasteiger partial charge < -0.3 is 10.4 Å². The largest absolute Gasteiger partial charge is 0.478 e. The van der Waals surface area contributed by atoms with E-state index in [-0.39, 0.29) is 5.56 Å². The Labute approximate surface area is 126 Å². The number of carbonyl (C=O) groups is 1. The second-order valence-electron chi connectivity index (χ2n) is 6.60. The third-order valence-corrected chi connectivity index (χ3v) is 4.32. The van der Waals surface area contributed by atoms with E-state index in [0.717, 1.165) is 6.54 Å². The highest BCUT2D eigenvalue weighted by atomic mass is 16.4. The van der Waals surface area contributed by atoms with Crippen LogP contribution in [-0.2, 0) is 6.54 Å². The van der Waals surface area contributed by atoms with Gasteiger partial charge in [0.25, 0.3) is 0 Å². The molecule has 1 aromatic heterocycles. The average Bonchev–Trinajstić information content (AvgIpc) is 2.87. The molecule has 0 atom stereocenters. The second kappa shape index (κ2) is 6.98. The molecule has 0 aliphatic heterocycles. The molecule has 1 aliphatic carbocycles. The monoisotopic (exact) mass is 291 g/mol. The van der Waals surface area contributed by atoms with Crippen LogP contribution in [0.15, 0.2) is 12.5 Å². The Balaban J connectivity index is 1.95. The summed E-state index contributed by atoms with van der Waals surface area (Å²) in [6.45, 7) is 5.97. The third-order valence-electron chi connectivity index (χ3n) is 4.32. The van der Waals surface area contributed by atoms with Crippen LogP contribution in [0.1, 0.15) is 62.0 Å². The molecule has 1 heterocycles. The first kappa shape index (κ1) is 15.9. The van der Waals surface area contributed by atoms with E-state index < -0.39 is 5.97 Å². The molecule has 1 saturated carbocycles. The van der Waals surface area contributed by atoms with E-state index in [1.807, 2.05) is 0 Å². The predicted molar refractivity (Wildman–Crippen MR) is 81.1 cm³/mol. The molecule has 0 saturated heterocycles. The lowest BCUT2D eigenvalue weighted by molar-refractivity contribution is 0.0694. The lowest BCUT2D eigenvalue weighted by atomic mass is 9.78. The zero-order chi connectivity index (χ0) is 15.3. The van der Waals surface area contributed by atoms with E-state index in [9.17, 15) is 4.79 Å². The quantitative estimate of drug-likeness (QED) is 0.808. The van der Waals surface area contributed by atoms with Crippen LogP contribution in [0.3, 0.4) is 0 Å². The molecular weight excluding hydrogens is 266 g/mol. The van der Waals surface area contributed by atoms with Gasteiger partial charge in [0.1, 0.15) is 11.9 Å². The van der Waals surface area contributed by atoms with Crippen LogP contribution >= 0.6 is 0 Å². The molecule has 0 amide bonds. The molecule has 0 bridgehead atoms. The van der Waals surface area contributed by atoms with Gasteiger partial charge in [0.05, 0.1) is 5.69 Å². The van der Waals surface area contributed by atoms with Gasteiger partial charge in [-0.15, -0.1) is 0 Å².